The number of halogens is 1. The second-order valence-electron chi connectivity index (χ2n) is 3.31. The Hall–Kier alpha value is -1.84. The van der Waals surface area contributed by atoms with E-state index >= 15 is 0 Å². The Morgan fingerprint density at radius 1 is 1.29 bits per heavy atom. The molecular weight excluding hydrogens is 181 g/mol. The van der Waals surface area contributed by atoms with Crippen LogP contribution in [0.25, 0.3) is 11.1 Å². The summed E-state index contributed by atoms with van der Waals surface area (Å²) in [4.78, 5) is 0. The number of hydrogen-bond donors (Lipinski definition) is 2. The lowest BCUT2D eigenvalue weighted by Crippen LogP contribution is -2.07. The summed E-state index contributed by atoms with van der Waals surface area (Å²) in [6.45, 7) is 0.716. The maximum Gasteiger partial charge on any atom is 0.123 e. The topological polar surface area (TPSA) is 40.7 Å². The molecule has 3 nitrogen and oxygen atoms in total. The van der Waals surface area contributed by atoms with E-state index in [4.69, 9.17) is 0 Å². The van der Waals surface area contributed by atoms with Crippen LogP contribution in [0.1, 0.15) is 5.69 Å². The van der Waals surface area contributed by atoms with Gasteiger partial charge in [-0.2, -0.15) is 5.10 Å². The van der Waals surface area contributed by atoms with Crippen LogP contribution in [0, 0.1) is 5.82 Å². The van der Waals surface area contributed by atoms with Gasteiger partial charge < -0.3 is 5.32 Å². The zero-order chi connectivity index (χ0) is 9.54. The zero-order valence-electron chi connectivity index (χ0n) is 7.34. The van der Waals surface area contributed by atoms with Crippen molar-refractivity contribution in [2.75, 3.05) is 5.32 Å². The Balaban J connectivity index is 2.28. The molecule has 0 aliphatic carbocycles. The van der Waals surface area contributed by atoms with E-state index in [9.17, 15) is 4.39 Å². The Kier molecular flexibility index (Phi) is 1.39. The Bertz CT molecular complexity index is 490. The summed E-state index contributed by atoms with van der Waals surface area (Å²) >= 11 is 0. The van der Waals surface area contributed by atoms with Gasteiger partial charge in [-0.1, -0.05) is 0 Å². The predicted octanol–water partition coefficient (Wildman–Crippen LogP) is 2.14. The molecule has 0 spiro atoms. The molecule has 2 N–H and O–H groups in total. The first-order chi connectivity index (χ1) is 6.84. The van der Waals surface area contributed by atoms with Crippen molar-refractivity contribution in [3.63, 3.8) is 0 Å². The fraction of sp³-hybridized carbons (Fsp3) is 0.100. The van der Waals surface area contributed by atoms with Gasteiger partial charge in [0.1, 0.15) is 5.82 Å². The normalized spacial score (nSPS) is 12.9. The molecule has 70 valence electrons. The van der Waals surface area contributed by atoms with Crippen molar-refractivity contribution in [1.29, 1.82) is 0 Å². The second-order valence-corrected chi connectivity index (χ2v) is 3.31. The van der Waals surface area contributed by atoms with Crippen LogP contribution < -0.4 is 5.32 Å². The Morgan fingerprint density at radius 3 is 3.14 bits per heavy atom. The third kappa shape index (κ3) is 0.937. The van der Waals surface area contributed by atoms with Crippen LogP contribution in [0.5, 0.6) is 0 Å². The second kappa shape index (κ2) is 2.57. The third-order valence-electron chi connectivity index (χ3n) is 2.45. The molecule has 0 saturated carbocycles. The van der Waals surface area contributed by atoms with Crippen molar-refractivity contribution in [3.8, 4) is 11.1 Å². The van der Waals surface area contributed by atoms with Gasteiger partial charge in [-0.3, -0.25) is 5.10 Å². The lowest BCUT2D eigenvalue weighted by Gasteiger charge is -2.17. The van der Waals surface area contributed by atoms with E-state index in [1.165, 1.54) is 12.1 Å². The van der Waals surface area contributed by atoms with Crippen molar-refractivity contribution in [2.45, 2.75) is 6.54 Å². The monoisotopic (exact) mass is 189 g/mol. The molecule has 4 heteroatoms. The fourth-order valence-corrected chi connectivity index (χ4v) is 1.76. The van der Waals surface area contributed by atoms with Crippen LogP contribution in [-0.2, 0) is 6.54 Å². The van der Waals surface area contributed by atoms with Crippen molar-refractivity contribution < 1.29 is 4.39 Å². The van der Waals surface area contributed by atoms with Crippen LogP contribution in [0.15, 0.2) is 24.4 Å². The number of aromatic nitrogens is 2. The number of H-pyrrole nitrogens is 1. The van der Waals surface area contributed by atoms with Gasteiger partial charge in [0.05, 0.1) is 18.4 Å². The minimum absolute atomic E-state index is 0.223. The van der Waals surface area contributed by atoms with Gasteiger partial charge in [0.2, 0.25) is 0 Å². The molecule has 2 aromatic rings. The smallest absolute Gasteiger partial charge is 0.123 e. The summed E-state index contributed by atoms with van der Waals surface area (Å²) < 4.78 is 13.0. The molecule has 1 aliphatic heterocycles. The van der Waals surface area contributed by atoms with Crippen molar-refractivity contribution >= 4 is 5.69 Å². The minimum atomic E-state index is -0.223. The largest absolute Gasteiger partial charge is 0.379 e. The van der Waals surface area contributed by atoms with Crippen LogP contribution in [0.2, 0.25) is 0 Å². The molecule has 0 saturated heterocycles. The van der Waals surface area contributed by atoms with Gasteiger partial charge in [-0.25, -0.2) is 4.39 Å². The predicted molar refractivity (Wildman–Crippen MR) is 51.3 cm³/mol. The zero-order valence-corrected chi connectivity index (χ0v) is 7.34. The van der Waals surface area contributed by atoms with E-state index in [0.29, 0.717) is 6.54 Å². The van der Waals surface area contributed by atoms with Crippen LogP contribution in [-0.4, -0.2) is 10.2 Å². The van der Waals surface area contributed by atoms with Crippen molar-refractivity contribution in [2.24, 2.45) is 0 Å². The average molecular weight is 189 g/mol. The lowest BCUT2D eigenvalue weighted by atomic mass is 10.0. The molecule has 0 fully saturated rings. The van der Waals surface area contributed by atoms with E-state index in [-0.39, 0.29) is 5.82 Å². The molecule has 14 heavy (non-hydrogen) atoms. The van der Waals surface area contributed by atoms with Crippen molar-refractivity contribution in [3.05, 3.63) is 35.9 Å². The molecule has 0 bridgehead atoms. The number of nitrogens with zero attached hydrogens (tertiary/aromatic N) is 1. The van der Waals surface area contributed by atoms with Crippen LogP contribution >= 0.6 is 0 Å². The van der Waals surface area contributed by atoms with Gasteiger partial charge >= 0.3 is 0 Å². The van der Waals surface area contributed by atoms with Gasteiger partial charge in [0, 0.05) is 16.8 Å². The highest BCUT2D eigenvalue weighted by atomic mass is 19.1. The number of aromatic amines is 1. The molecular formula is C10H8FN3. The molecule has 3 rings (SSSR count). The molecule has 1 aromatic carbocycles. The molecule has 0 atom stereocenters. The summed E-state index contributed by atoms with van der Waals surface area (Å²) in [5, 5.41) is 10.0. The van der Waals surface area contributed by atoms with Gasteiger partial charge in [-0.15, -0.1) is 0 Å². The first kappa shape index (κ1) is 7.55. The molecule has 0 radical (unpaired) electrons. The number of benzene rings is 1. The van der Waals surface area contributed by atoms with Gasteiger partial charge in [0.15, 0.2) is 0 Å². The fourth-order valence-electron chi connectivity index (χ4n) is 1.76. The molecule has 0 amide bonds. The van der Waals surface area contributed by atoms with Crippen LogP contribution in [0.3, 0.4) is 0 Å². The van der Waals surface area contributed by atoms with E-state index < -0.39 is 0 Å². The summed E-state index contributed by atoms with van der Waals surface area (Å²) in [5.41, 5.74) is 3.82. The SMILES string of the molecule is Fc1ccc2c(c1)-c1cn[nH]c1CN2. The average Bonchev–Trinajstić information content (AvgIpc) is 2.65. The van der Waals surface area contributed by atoms with E-state index in [2.05, 4.69) is 15.5 Å². The molecule has 0 unspecified atom stereocenters. The number of fused-ring (bicyclic) bond motifs is 3. The first-order valence-electron chi connectivity index (χ1n) is 4.40. The number of nitrogens with one attached hydrogen (secondary N) is 2. The highest BCUT2D eigenvalue weighted by Gasteiger charge is 2.17. The molecule has 1 aromatic heterocycles. The number of hydrogen-bond acceptors (Lipinski definition) is 2. The Labute approximate surface area is 80.0 Å². The van der Waals surface area contributed by atoms with Gasteiger partial charge in [0.25, 0.3) is 0 Å². The lowest BCUT2D eigenvalue weighted by molar-refractivity contribution is 0.628. The van der Waals surface area contributed by atoms with Gasteiger partial charge in [-0.05, 0) is 18.2 Å². The number of rotatable bonds is 0. The van der Waals surface area contributed by atoms with E-state index in [0.717, 1.165) is 22.5 Å². The van der Waals surface area contributed by atoms with Crippen LogP contribution in [0.4, 0.5) is 10.1 Å². The van der Waals surface area contributed by atoms with E-state index in [1.807, 2.05) is 0 Å². The summed E-state index contributed by atoms with van der Waals surface area (Å²) in [7, 11) is 0. The van der Waals surface area contributed by atoms with Crippen molar-refractivity contribution in [1.82, 2.24) is 10.2 Å². The minimum Gasteiger partial charge on any atom is -0.379 e. The molecule has 2 heterocycles. The number of anilines is 1. The quantitative estimate of drug-likeness (QED) is 0.666. The summed E-state index contributed by atoms with van der Waals surface area (Å²) in [6, 6.07) is 4.73. The summed E-state index contributed by atoms with van der Waals surface area (Å²) in [5.74, 6) is -0.223. The third-order valence-corrected chi connectivity index (χ3v) is 2.45. The van der Waals surface area contributed by atoms with E-state index in [1.54, 1.807) is 12.3 Å². The maximum atomic E-state index is 13.0. The molecule has 1 aliphatic rings. The highest BCUT2D eigenvalue weighted by molar-refractivity contribution is 5.81. The summed E-state index contributed by atoms with van der Waals surface area (Å²) in [6.07, 6.45) is 1.73. The Morgan fingerprint density at radius 2 is 2.21 bits per heavy atom. The maximum absolute atomic E-state index is 13.0. The standard InChI is InChI=1S/C10H8FN3/c11-6-1-2-9-7(3-6)8-4-13-14-10(8)5-12-9/h1-4,12H,5H2,(H,13,14). The first-order valence-corrected chi connectivity index (χ1v) is 4.40. The highest BCUT2D eigenvalue weighted by Crippen LogP contribution is 2.34.